The van der Waals surface area contributed by atoms with E-state index in [9.17, 15) is 19.5 Å². The molecule has 0 saturated carbocycles. The Morgan fingerprint density at radius 2 is 1.53 bits per heavy atom. The summed E-state index contributed by atoms with van der Waals surface area (Å²) in [7, 11) is 0. The van der Waals surface area contributed by atoms with Gasteiger partial charge in [-0.15, -0.1) is 0 Å². The average molecular weight is 472 g/mol. The van der Waals surface area contributed by atoms with E-state index in [4.69, 9.17) is 14.2 Å². The monoisotopic (exact) mass is 471 g/mol. The van der Waals surface area contributed by atoms with Crippen molar-refractivity contribution < 1.29 is 33.7 Å². The number of hydrogen-bond donors (Lipinski definition) is 2. The summed E-state index contributed by atoms with van der Waals surface area (Å²) in [6.07, 6.45) is -0.409. The fourth-order valence-corrected chi connectivity index (χ4v) is 2.90. The van der Waals surface area contributed by atoms with Crippen LogP contribution in [0.5, 0.6) is 11.5 Å². The number of carbonyl (C=O) groups excluding carboxylic acids is 3. The van der Waals surface area contributed by atoms with E-state index in [1.165, 1.54) is 18.2 Å². The molecule has 0 aliphatic rings. The molecule has 34 heavy (non-hydrogen) atoms. The van der Waals surface area contributed by atoms with E-state index in [1.54, 1.807) is 41.5 Å². The largest absolute Gasteiger partial charge is 0.508 e. The number of phenols is 1. The molecule has 2 N–H and O–H groups in total. The van der Waals surface area contributed by atoms with Crippen molar-refractivity contribution in [3.8, 4) is 11.5 Å². The van der Waals surface area contributed by atoms with Gasteiger partial charge in [0.05, 0.1) is 6.42 Å². The standard InChI is InChI=1S/C26H33NO7/c1-25(2,3)33-22(29)15-21(24(31)34-26(4,5)6)27-23(30)18-12-19(28)14-20(13-18)32-16-17-10-8-7-9-11-17/h7-14,21,28H,15-16H2,1-6H3,(H,27,30)/t21-/m1/s1. The van der Waals surface area contributed by atoms with E-state index >= 15 is 0 Å². The van der Waals surface area contributed by atoms with Gasteiger partial charge >= 0.3 is 11.9 Å². The number of esters is 2. The van der Waals surface area contributed by atoms with Gasteiger partial charge in [0.2, 0.25) is 0 Å². The number of carbonyl (C=O) groups is 3. The Hall–Kier alpha value is -3.55. The summed E-state index contributed by atoms with van der Waals surface area (Å²) in [5, 5.41) is 12.6. The summed E-state index contributed by atoms with van der Waals surface area (Å²) in [6, 6.07) is 12.2. The van der Waals surface area contributed by atoms with E-state index < -0.39 is 41.5 Å². The number of ether oxygens (including phenoxy) is 3. The van der Waals surface area contributed by atoms with Gasteiger partial charge in [-0.05, 0) is 59.2 Å². The van der Waals surface area contributed by atoms with Gasteiger partial charge in [-0.25, -0.2) is 4.79 Å². The maximum absolute atomic E-state index is 12.9. The minimum atomic E-state index is -1.28. The molecule has 8 heteroatoms. The molecule has 2 aromatic rings. The van der Waals surface area contributed by atoms with E-state index in [0.29, 0.717) is 0 Å². The van der Waals surface area contributed by atoms with Crippen molar-refractivity contribution in [2.24, 2.45) is 0 Å². The molecule has 1 amide bonds. The topological polar surface area (TPSA) is 111 Å². The van der Waals surface area contributed by atoms with Crippen molar-refractivity contribution in [2.45, 2.75) is 71.8 Å². The van der Waals surface area contributed by atoms with E-state index in [1.807, 2.05) is 30.3 Å². The van der Waals surface area contributed by atoms with Gasteiger partial charge in [0.15, 0.2) is 0 Å². The fraction of sp³-hybridized carbons (Fsp3) is 0.423. The molecule has 1 atom stereocenters. The fourth-order valence-electron chi connectivity index (χ4n) is 2.90. The van der Waals surface area contributed by atoms with Crippen LogP contribution in [-0.4, -0.2) is 40.2 Å². The second kappa shape index (κ2) is 11.0. The number of aromatic hydroxyl groups is 1. The molecule has 0 spiro atoms. The van der Waals surface area contributed by atoms with Crippen LogP contribution < -0.4 is 10.1 Å². The first-order chi connectivity index (χ1) is 15.7. The van der Waals surface area contributed by atoms with Gasteiger partial charge in [-0.2, -0.15) is 0 Å². The summed E-state index contributed by atoms with van der Waals surface area (Å²) in [5.41, 5.74) is -0.604. The normalized spacial score (nSPS) is 12.4. The van der Waals surface area contributed by atoms with Crippen LogP contribution in [-0.2, 0) is 25.7 Å². The number of rotatable bonds is 8. The van der Waals surface area contributed by atoms with Crippen molar-refractivity contribution in [3.63, 3.8) is 0 Å². The van der Waals surface area contributed by atoms with Crippen molar-refractivity contribution in [1.82, 2.24) is 5.32 Å². The van der Waals surface area contributed by atoms with Crippen molar-refractivity contribution in [1.29, 1.82) is 0 Å². The summed E-state index contributed by atoms with van der Waals surface area (Å²) < 4.78 is 16.4. The molecule has 0 heterocycles. The maximum Gasteiger partial charge on any atom is 0.329 e. The van der Waals surface area contributed by atoms with Crippen LogP contribution in [0.1, 0.15) is 63.9 Å². The van der Waals surface area contributed by atoms with Crippen molar-refractivity contribution >= 4 is 17.8 Å². The zero-order valence-electron chi connectivity index (χ0n) is 20.5. The molecule has 0 fully saturated rings. The molecule has 0 bridgehead atoms. The lowest BCUT2D eigenvalue weighted by Crippen LogP contribution is -2.46. The molecule has 0 saturated heterocycles. The first-order valence-electron chi connectivity index (χ1n) is 11.0. The highest BCUT2D eigenvalue weighted by Gasteiger charge is 2.31. The minimum absolute atomic E-state index is 0.0563. The maximum atomic E-state index is 12.9. The first kappa shape index (κ1) is 26.7. The van der Waals surface area contributed by atoms with Crippen molar-refractivity contribution in [3.05, 3.63) is 59.7 Å². The summed E-state index contributed by atoms with van der Waals surface area (Å²) in [4.78, 5) is 38.0. The smallest absolute Gasteiger partial charge is 0.329 e. The number of benzene rings is 2. The summed E-state index contributed by atoms with van der Waals surface area (Å²) in [6.45, 7) is 10.4. The van der Waals surface area contributed by atoms with Crippen LogP contribution in [0.3, 0.4) is 0 Å². The average Bonchev–Trinajstić information content (AvgIpc) is 2.69. The first-order valence-corrected chi connectivity index (χ1v) is 11.0. The lowest BCUT2D eigenvalue weighted by molar-refractivity contribution is -0.164. The highest BCUT2D eigenvalue weighted by Crippen LogP contribution is 2.23. The van der Waals surface area contributed by atoms with Crippen LogP contribution in [0.4, 0.5) is 0 Å². The molecule has 2 rings (SSSR count). The Morgan fingerprint density at radius 1 is 0.912 bits per heavy atom. The van der Waals surface area contributed by atoms with E-state index in [0.717, 1.165) is 5.56 Å². The quantitative estimate of drug-likeness (QED) is 0.557. The number of amides is 1. The lowest BCUT2D eigenvalue weighted by Gasteiger charge is -2.25. The molecule has 0 aromatic heterocycles. The summed E-state index contributed by atoms with van der Waals surface area (Å²) >= 11 is 0. The number of nitrogens with one attached hydrogen (secondary N) is 1. The van der Waals surface area contributed by atoms with Crippen LogP contribution >= 0.6 is 0 Å². The summed E-state index contributed by atoms with van der Waals surface area (Å²) in [5.74, 6) is -2.02. The Morgan fingerprint density at radius 3 is 2.12 bits per heavy atom. The van der Waals surface area contributed by atoms with Crippen molar-refractivity contribution in [2.75, 3.05) is 0 Å². The Bertz CT molecular complexity index is 1000. The van der Waals surface area contributed by atoms with E-state index in [-0.39, 0.29) is 23.7 Å². The second-order valence-corrected chi connectivity index (χ2v) is 9.84. The lowest BCUT2D eigenvalue weighted by atomic mass is 10.1. The highest BCUT2D eigenvalue weighted by atomic mass is 16.6. The molecule has 0 unspecified atom stereocenters. The van der Waals surface area contributed by atoms with Gasteiger partial charge in [0, 0.05) is 11.6 Å². The molecule has 2 aromatic carbocycles. The molecular weight excluding hydrogens is 438 g/mol. The van der Waals surface area contributed by atoms with Gasteiger partial charge < -0.3 is 24.6 Å². The van der Waals surface area contributed by atoms with E-state index in [2.05, 4.69) is 5.32 Å². The number of phenolic OH excluding ortho intramolecular Hbond substituents is 1. The second-order valence-electron chi connectivity index (χ2n) is 9.84. The Kier molecular flexibility index (Phi) is 8.68. The van der Waals surface area contributed by atoms with Gasteiger partial charge in [-0.1, -0.05) is 30.3 Å². The SMILES string of the molecule is CC(C)(C)OC(=O)C[C@@H](NC(=O)c1cc(O)cc(OCc2ccccc2)c1)C(=O)OC(C)(C)C. The zero-order chi connectivity index (χ0) is 25.5. The predicted octanol–water partition coefficient (Wildman–Crippen LogP) is 4.14. The third-order valence-electron chi connectivity index (χ3n) is 4.19. The Labute approximate surface area is 200 Å². The van der Waals surface area contributed by atoms with Crippen LogP contribution in [0.2, 0.25) is 0 Å². The third-order valence-corrected chi connectivity index (χ3v) is 4.19. The minimum Gasteiger partial charge on any atom is -0.508 e. The highest BCUT2D eigenvalue weighted by molar-refractivity contribution is 5.98. The van der Waals surface area contributed by atoms with Gasteiger partial charge in [-0.3, -0.25) is 9.59 Å². The molecule has 0 radical (unpaired) electrons. The van der Waals surface area contributed by atoms with Crippen LogP contribution in [0, 0.1) is 0 Å². The molecule has 0 aliphatic carbocycles. The van der Waals surface area contributed by atoms with Gasteiger partial charge in [0.25, 0.3) is 5.91 Å². The zero-order valence-corrected chi connectivity index (χ0v) is 20.5. The third kappa shape index (κ3) is 9.52. The van der Waals surface area contributed by atoms with Crippen LogP contribution in [0.15, 0.2) is 48.5 Å². The molecule has 0 aliphatic heterocycles. The number of hydrogen-bond acceptors (Lipinski definition) is 7. The predicted molar refractivity (Wildman–Crippen MR) is 126 cm³/mol. The van der Waals surface area contributed by atoms with Crippen LogP contribution in [0.25, 0.3) is 0 Å². The molecule has 184 valence electrons. The molecular formula is C26H33NO7. The molecule has 8 nitrogen and oxygen atoms in total. The Balaban J connectivity index is 2.18. The van der Waals surface area contributed by atoms with Gasteiger partial charge in [0.1, 0.15) is 35.3 Å².